The number of aromatic nitrogens is 8. The Morgan fingerprint density at radius 2 is 1.02 bits per heavy atom. The van der Waals surface area contributed by atoms with Gasteiger partial charge < -0.3 is 40.4 Å². The molecule has 3 amide bonds. The van der Waals surface area contributed by atoms with E-state index in [0.717, 1.165) is 11.1 Å². The number of alkyl halides is 6. The van der Waals surface area contributed by atoms with Gasteiger partial charge in [0.1, 0.15) is 41.7 Å². The highest BCUT2D eigenvalue weighted by Gasteiger charge is 2.41. The van der Waals surface area contributed by atoms with Gasteiger partial charge in [0.25, 0.3) is 11.8 Å². The van der Waals surface area contributed by atoms with Crippen LogP contribution < -0.4 is 36.8 Å². The molecule has 4 aromatic carbocycles. The average molecular weight is 1240 g/mol. The first kappa shape index (κ1) is 63.8. The van der Waals surface area contributed by atoms with Crippen LogP contribution in [0.2, 0.25) is 0 Å². The average Bonchev–Trinajstić information content (AvgIpc) is 1.65. The molecular formula is C61H62F6N12O10. The molecule has 2 aliphatic rings. The summed E-state index contributed by atoms with van der Waals surface area (Å²) in [6, 6.07) is 28.8. The summed E-state index contributed by atoms with van der Waals surface area (Å²) in [5.41, 5.74) is 2.65. The monoisotopic (exact) mass is 1240 g/mol. The summed E-state index contributed by atoms with van der Waals surface area (Å²) in [5.74, 6) is -0.0440. The fraction of sp³-hybridized carbons (Fsp3) is 0.328. The topological polar surface area (TPSA) is 264 Å². The Bertz CT molecular complexity index is 3930. The Hall–Kier alpha value is -9.67. The van der Waals surface area contributed by atoms with Gasteiger partial charge in [-0.1, -0.05) is 48.5 Å². The van der Waals surface area contributed by atoms with Crippen LogP contribution in [0.15, 0.2) is 144 Å². The number of nitrogens with zero attached hydrogens (tertiary/aromatic N) is 9. The lowest BCUT2D eigenvalue weighted by Gasteiger charge is -2.35. The second kappa shape index (κ2) is 26.7. The van der Waals surface area contributed by atoms with Crippen LogP contribution in [0.4, 0.5) is 31.1 Å². The first-order valence-electron chi connectivity index (χ1n) is 27.9. The molecule has 4 aromatic heterocycles. The molecule has 0 saturated carbocycles. The van der Waals surface area contributed by atoms with Crippen molar-refractivity contribution < 1.29 is 65.1 Å². The molecule has 5 N–H and O–H groups in total. The minimum absolute atomic E-state index is 0.000506. The summed E-state index contributed by atoms with van der Waals surface area (Å²) in [6.07, 6.45) is -9.09. The summed E-state index contributed by atoms with van der Waals surface area (Å²) < 4.78 is 97.2. The Kier molecular flexibility index (Phi) is 19.2. The Morgan fingerprint density at radius 1 is 0.607 bits per heavy atom. The number of aliphatic hydroxyl groups excluding tert-OH is 2. The number of fused-ring (bicyclic) bond motifs is 2. The van der Waals surface area contributed by atoms with E-state index in [1.54, 1.807) is 69.2 Å². The fourth-order valence-electron chi connectivity index (χ4n) is 9.79. The van der Waals surface area contributed by atoms with E-state index in [9.17, 15) is 60.5 Å². The van der Waals surface area contributed by atoms with E-state index >= 15 is 0 Å². The third-order valence-electron chi connectivity index (χ3n) is 14.2. The molecule has 0 radical (unpaired) electrons. The molecule has 28 heteroatoms. The predicted octanol–water partition coefficient (Wildman–Crippen LogP) is 7.29. The highest BCUT2D eigenvalue weighted by atomic mass is 19.4. The summed E-state index contributed by atoms with van der Waals surface area (Å²) >= 11 is 0. The van der Waals surface area contributed by atoms with Gasteiger partial charge in [0.15, 0.2) is 23.9 Å². The van der Waals surface area contributed by atoms with Crippen molar-refractivity contribution in [2.24, 2.45) is 0 Å². The number of ether oxygens (including phenoxy) is 3. The van der Waals surface area contributed by atoms with Crippen LogP contribution in [0.25, 0.3) is 34.2 Å². The van der Waals surface area contributed by atoms with Crippen molar-refractivity contribution in [1.82, 2.24) is 59.1 Å². The maximum absolute atomic E-state index is 14.1. The van der Waals surface area contributed by atoms with Gasteiger partial charge in [-0.3, -0.25) is 32.8 Å². The van der Waals surface area contributed by atoms with Crippen molar-refractivity contribution in [3.63, 3.8) is 0 Å². The maximum Gasteiger partial charge on any atom is 0.417 e. The molecule has 0 fully saturated rings. The first-order valence-corrected chi connectivity index (χ1v) is 27.9. The maximum atomic E-state index is 14.1. The van der Waals surface area contributed by atoms with E-state index in [2.05, 4.69) is 35.9 Å². The molecule has 0 bridgehead atoms. The van der Waals surface area contributed by atoms with Gasteiger partial charge in [-0.05, 0) is 106 Å². The zero-order valence-corrected chi connectivity index (χ0v) is 48.6. The van der Waals surface area contributed by atoms with E-state index < -0.39 is 78.7 Å². The number of nitrogens with one attached hydrogen (secondary N) is 3. The lowest BCUT2D eigenvalue weighted by molar-refractivity contribution is -0.211. The molecule has 6 heterocycles. The van der Waals surface area contributed by atoms with Crippen molar-refractivity contribution in [3.8, 4) is 45.6 Å². The highest BCUT2D eigenvalue weighted by molar-refractivity contribution is 5.95. The molecule has 8 aromatic rings. The Balaban J connectivity index is 0.000000214. The van der Waals surface area contributed by atoms with Crippen LogP contribution in [0, 0.1) is 0 Å². The highest BCUT2D eigenvalue weighted by Crippen LogP contribution is 2.29. The number of hydrogen-bond acceptors (Lipinski definition) is 15. The minimum atomic E-state index is -4.85. The quantitative estimate of drug-likeness (QED) is 0.0595. The second-order valence-corrected chi connectivity index (χ2v) is 21.8. The van der Waals surface area contributed by atoms with E-state index in [1.807, 2.05) is 55.5 Å². The van der Waals surface area contributed by atoms with Gasteiger partial charge in [-0.25, -0.2) is 34.3 Å². The third-order valence-corrected chi connectivity index (χ3v) is 14.2. The van der Waals surface area contributed by atoms with Crippen molar-refractivity contribution in [2.45, 2.75) is 116 Å². The number of hydrogen-bond donors (Lipinski definition) is 5. The van der Waals surface area contributed by atoms with Crippen molar-refractivity contribution in [1.29, 1.82) is 0 Å². The molecule has 22 nitrogen and oxygen atoms in total. The van der Waals surface area contributed by atoms with E-state index in [4.69, 9.17) is 14.2 Å². The zero-order valence-electron chi connectivity index (χ0n) is 48.6. The molecule has 0 aliphatic carbocycles. The van der Waals surface area contributed by atoms with Crippen LogP contribution >= 0.6 is 0 Å². The summed E-state index contributed by atoms with van der Waals surface area (Å²) in [5, 5.41) is 27.5. The van der Waals surface area contributed by atoms with Gasteiger partial charge in [-0.2, -0.15) is 26.3 Å². The number of carbonyl (C=O) groups is 3. The molecule has 10 rings (SSSR count). The molecule has 0 spiro atoms. The number of imidazole rings is 2. The SMILES string of the molecule is CC1Cn2c(c(C(=O)NCc3ccccc3-c3ncccn3)n(-c3ccc(OC[C@@H](O)C(F)(F)F)cc3)c2=O)CN1.CC1Cn2c(c(C(=O)NCc3ccccc3-c3ncccn3)n(-c3ccc(OC[C@@H](O)C(F)(F)F)cc3)c2=O)CN1C(=O)OC(C)(C)C. The number of benzene rings is 4. The molecule has 468 valence electrons. The van der Waals surface area contributed by atoms with E-state index in [1.165, 1.54) is 67.1 Å². The molecule has 2 aliphatic heterocycles. The van der Waals surface area contributed by atoms with Crippen molar-refractivity contribution >= 4 is 17.9 Å². The smallest absolute Gasteiger partial charge is 0.417 e. The molecular weight excluding hydrogens is 1170 g/mol. The number of aliphatic hydroxyl groups is 2. The van der Waals surface area contributed by atoms with E-state index in [0.29, 0.717) is 40.7 Å². The van der Waals surface area contributed by atoms with Gasteiger partial charge in [0, 0.05) is 74.7 Å². The lowest BCUT2D eigenvalue weighted by atomic mass is 10.1. The minimum Gasteiger partial charge on any atom is -0.491 e. The zero-order chi connectivity index (χ0) is 64.0. The fourth-order valence-corrected chi connectivity index (χ4v) is 9.79. The van der Waals surface area contributed by atoms with Crippen LogP contribution in [0.3, 0.4) is 0 Å². The van der Waals surface area contributed by atoms with Crippen molar-refractivity contribution in [3.05, 3.63) is 189 Å². The van der Waals surface area contributed by atoms with Gasteiger partial charge in [0.2, 0.25) is 0 Å². The number of halogens is 6. The summed E-state index contributed by atoms with van der Waals surface area (Å²) in [4.78, 5) is 87.0. The molecule has 89 heavy (non-hydrogen) atoms. The molecule has 2 unspecified atom stereocenters. The standard InChI is InChI=1S/C33H35F3N6O6.C28H27F3N6O4/c1-20-17-41-25(18-40(20)31(46)48-32(2,3)4)27(29(44)39-16-21-8-5-6-9-24(21)28-37-14-7-15-38-28)42(30(41)45)22-10-12-23(13-11-22)47-19-26(43)33(34,35)36;1-17-15-36-22(14-34-17)24(26(39)35-13-18-5-2-3-6-21(18)25-32-11-4-12-33-25)37(27(36)40)19-7-9-20(10-8-19)41-16-23(38)28(29,30)31/h5-15,20,26,43H,16-19H2,1-4H3,(H,39,44);2-12,17,23,34,38H,13-16H2,1H3,(H,35,39)/t20?,26-;17?,23-/m11/s1. The number of rotatable bonds is 16. The summed E-state index contributed by atoms with van der Waals surface area (Å²) in [6.45, 7) is 7.70. The van der Waals surface area contributed by atoms with E-state index in [-0.39, 0.29) is 73.0 Å². The van der Waals surface area contributed by atoms with Crippen LogP contribution in [0.5, 0.6) is 11.5 Å². The summed E-state index contributed by atoms with van der Waals surface area (Å²) in [7, 11) is 0. The van der Waals surface area contributed by atoms with Crippen molar-refractivity contribution in [2.75, 3.05) is 13.2 Å². The largest absolute Gasteiger partial charge is 0.491 e. The predicted molar refractivity (Wildman–Crippen MR) is 310 cm³/mol. The Labute approximate surface area is 504 Å². The number of carbonyl (C=O) groups excluding carboxylic acids is 3. The van der Waals surface area contributed by atoms with Gasteiger partial charge in [-0.15, -0.1) is 0 Å². The number of amides is 3. The van der Waals surface area contributed by atoms with Crippen LogP contribution in [-0.2, 0) is 44.0 Å². The van der Waals surface area contributed by atoms with Crippen LogP contribution in [-0.4, -0.2) is 127 Å². The van der Waals surface area contributed by atoms with Gasteiger partial charge >= 0.3 is 29.8 Å². The molecule has 4 atom stereocenters. The van der Waals surface area contributed by atoms with Crippen LogP contribution in [0.1, 0.15) is 78.1 Å². The molecule has 0 saturated heterocycles. The second-order valence-electron chi connectivity index (χ2n) is 21.8. The lowest BCUT2D eigenvalue weighted by Crippen LogP contribution is -2.48. The normalized spacial score (nSPS) is 15.5. The van der Waals surface area contributed by atoms with Gasteiger partial charge in [0.05, 0.1) is 35.3 Å². The Morgan fingerprint density at radius 3 is 1.45 bits per heavy atom. The first-order chi connectivity index (χ1) is 42.3. The third kappa shape index (κ3) is 15.0.